The van der Waals surface area contributed by atoms with Crippen LogP contribution in [0.4, 0.5) is 5.69 Å². The number of aromatic nitrogens is 3. The van der Waals surface area contributed by atoms with Crippen LogP contribution < -0.4 is 5.32 Å². The summed E-state index contributed by atoms with van der Waals surface area (Å²) in [7, 11) is 0. The summed E-state index contributed by atoms with van der Waals surface area (Å²) in [5.41, 5.74) is 1.60. The van der Waals surface area contributed by atoms with Gasteiger partial charge in [-0.2, -0.15) is 0 Å². The fourth-order valence-electron chi connectivity index (χ4n) is 2.10. The molecule has 0 saturated carbocycles. The second-order valence-electron chi connectivity index (χ2n) is 5.24. The number of nitrogens with one attached hydrogen (secondary N) is 1. The maximum Gasteiger partial charge on any atom is 0.234 e. The maximum atomic E-state index is 12.1. The van der Waals surface area contributed by atoms with Gasteiger partial charge in [0.25, 0.3) is 0 Å². The number of halogens is 1. The van der Waals surface area contributed by atoms with E-state index in [4.69, 9.17) is 11.6 Å². The molecule has 1 amide bonds. The summed E-state index contributed by atoms with van der Waals surface area (Å²) in [4.78, 5) is 12.1. The Morgan fingerprint density at radius 1 is 1.36 bits per heavy atom. The van der Waals surface area contributed by atoms with Crippen LogP contribution in [0.15, 0.2) is 23.4 Å². The number of hydrogen-bond donors (Lipinski definition) is 1. The smallest absolute Gasteiger partial charge is 0.234 e. The van der Waals surface area contributed by atoms with Gasteiger partial charge in [-0.1, -0.05) is 29.4 Å². The third kappa shape index (κ3) is 3.81. The minimum Gasteiger partial charge on any atom is -0.325 e. The van der Waals surface area contributed by atoms with Crippen molar-refractivity contribution in [1.82, 2.24) is 14.8 Å². The van der Waals surface area contributed by atoms with Gasteiger partial charge in [0, 0.05) is 16.8 Å². The number of benzene rings is 1. The average Bonchev–Trinajstić information content (AvgIpc) is 2.83. The van der Waals surface area contributed by atoms with Crippen LogP contribution in [0.25, 0.3) is 0 Å². The number of carbonyl (C=O) groups is 1. The van der Waals surface area contributed by atoms with E-state index in [1.165, 1.54) is 11.8 Å². The largest absolute Gasteiger partial charge is 0.325 e. The molecule has 1 aromatic carbocycles. The number of amides is 1. The fraction of sp³-hybridized carbons (Fsp3) is 0.400. The first kappa shape index (κ1) is 16.8. The molecule has 0 aliphatic carbocycles. The first-order valence-corrected chi connectivity index (χ1v) is 8.35. The van der Waals surface area contributed by atoms with Crippen LogP contribution in [0, 0.1) is 13.8 Å². The molecule has 118 valence electrons. The van der Waals surface area contributed by atoms with Crippen LogP contribution in [0.3, 0.4) is 0 Å². The summed E-state index contributed by atoms with van der Waals surface area (Å²) < 4.78 is 2.02. The Bertz CT molecular complexity index is 684. The second-order valence-corrected chi connectivity index (χ2v) is 6.59. The molecule has 22 heavy (non-hydrogen) atoms. The Hall–Kier alpha value is -1.53. The summed E-state index contributed by atoms with van der Waals surface area (Å²) in [5.74, 6) is 1.03. The predicted octanol–water partition coefficient (Wildman–Crippen LogP) is 3.86. The molecule has 2 aromatic rings. The van der Waals surface area contributed by atoms with E-state index in [1.54, 1.807) is 6.07 Å². The van der Waals surface area contributed by atoms with Gasteiger partial charge in [-0.15, -0.1) is 10.2 Å². The van der Waals surface area contributed by atoms with Gasteiger partial charge in [-0.3, -0.25) is 4.79 Å². The summed E-state index contributed by atoms with van der Waals surface area (Å²) in [6, 6.07) is 5.71. The maximum absolute atomic E-state index is 12.1. The minimum atomic E-state index is -0.0914. The highest BCUT2D eigenvalue weighted by atomic mass is 35.5. The van der Waals surface area contributed by atoms with E-state index in [2.05, 4.69) is 29.4 Å². The molecule has 0 atom stereocenters. The predicted molar refractivity (Wildman–Crippen MR) is 90.7 cm³/mol. The molecule has 1 N–H and O–H groups in total. The molecule has 7 heteroatoms. The molecule has 1 aromatic heterocycles. The first-order valence-electron chi connectivity index (χ1n) is 6.99. The van der Waals surface area contributed by atoms with E-state index in [0.29, 0.717) is 5.02 Å². The number of nitrogens with zero attached hydrogens (tertiary/aromatic N) is 3. The van der Waals surface area contributed by atoms with E-state index in [0.717, 1.165) is 22.2 Å². The zero-order valence-corrected chi connectivity index (χ0v) is 14.6. The van der Waals surface area contributed by atoms with Crippen molar-refractivity contribution in [3.63, 3.8) is 0 Å². The van der Waals surface area contributed by atoms with Crippen molar-refractivity contribution in [1.29, 1.82) is 0 Å². The second kappa shape index (κ2) is 7.15. The molecule has 0 radical (unpaired) electrons. The Morgan fingerprint density at radius 3 is 2.77 bits per heavy atom. The number of carbonyl (C=O) groups excluding carboxylic acids is 1. The lowest BCUT2D eigenvalue weighted by Gasteiger charge is -2.12. The van der Waals surface area contributed by atoms with Crippen LogP contribution in [-0.2, 0) is 4.79 Å². The van der Waals surface area contributed by atoms with Gasteiger partial charge in [0.05, 0.1) is 5.75 Å². The van der Waals surface area contributed by atoms with Crippen molar-refractivity contribution in [3.8, 4) is 0 Å². The lowest BCUT2D eigenvalue weighted by atomic mass is 10.2. The zero-order valence-electron chi connectivity index (χ0n) is 13.1. The third-order valence-electron chi connectivity index (χ3n) is 3.23. The fourth-order valence-corrected chi connectivity index (χ4v) is 3.19. The molecule has 0 spiro atoms. The highest BCUT2D eigenvalue weighted by molar-refractivity contribution is 7.99. The Kier molecular flexibility index (Phi) is 5.47. The first-order chi connectivity index (χ1) is 10.4. The van der Waals surface area contributed by atoms with Gasteiger partial charge in [0.1, 0.15) is 5.82 Å². The SMILES string of the molecule is Cc1c(Cl)cccc1NC(=O)CSc1nnc(C)n1C(C)C. The molecule has 0 aliphatic heterocycles. The summed E-state index contributed by atoms with van der Waals surface area (Å²) >= 11 is 7.43. The zero-order chi connectivity index (χ0) is 16.3. The van der Waals surface area contributed by atoms with Gasteiger partial charge >= 0.3 is 0 Å². The van der Waals surface area contributed by atoms with E-state index in [1.807, 2.05) is 30.5 Å². The molecule has 1 heterocycles. The number of thioether (sulfide) groups is 1. The van der Waals surface area contributed by atoms with E-state index in [-0.39, 0.29) is 17.7 Å². The quantitative estimate of drug-likeness (QED) is 0.841. The molecular formula is C15H19ClN4OS. The van der Waals surface area contributed by atoms with Gasteiger partial charge in [0.2, 0.25) is 5.91 Å². The molecule has 0 unspecified atom stereocenters. The van der Waals surface area contributed by atoms with Crippen LogP contribution in [0.5, 0.6) is 0 Å². The number of anilines is 1. The number of hydrogen-bond acceptors (Lipinski definition) is 4. The van der Waals surface area contributed by atoms with E-state index >= 15 is 0 Å². The summed E-state index contributed by atoms with van der Waals surface area (Å²) in [5, 5.41) is 12.5. The summed E-state index contributed by atoms with van der Waals surface area (Å²) in [6.45, 7) is 7.92. The highest BCUT2D eigenvalue weighted by Gasteiger charge is 2.14. The Labute approximate surface area is 139 Å². The van der Waals surface area contributed by atoms with Crippen LogP contribution >= 0.6 is 23.4 Å². The van der Waals surface area contributed by atoms with E-state index < -0.39 is 0 Å². The lowest BCUT2D eigenvalue weighted by Crippen LogP contribution is -2.15. The molecular weight excluding hydrogens is 320 g/mol. The molecule has 0 fully saturated rings. The van der Waals surface area contributed by atoms with Crippen molar-refractivity contribution in [2.45, 2.75) is 38.9 Å². The van der Waals surface area contributed by atoms with Crippen molar-refractivity contribution < 1.29 is 4.79 Å². The van der Waals surface area contributed by atoms with Gasteiger partial charge in [-0.25, -0.2) is 0 Å². The number of rotatable bonds is 5. The van der Waals surface area contributed by atoms with E-state index in [9.17, 15) is 4.79 Å². The molecule has 0 aliphatic rings. The Morgan fingerprint density at radius 2 is 2.09 bits per heavy atom. The van der Waals surface area contributed by atoms with Gasteiger partial charge < -0.3 is 9.88 Å². The number of aryl methyl sites for hydroxylation is 1. The Balaban J connectivity index is 2.00. The standard InChI is InChI=1S/C15H19ClN4OS/c1-9(2)20-11(4)18-19-15(20)22-8-14(21)17-13-7-5-6-12(16)10(13)3/h5-7,9H,8H2,1-4H3,(H,17,21). The molecule has 0 saturated heterocycles. The average molecular weight is 339 g/mol. The monoisotopic (exact) mass is 338 g/mol. The molecule has 2 rings (SSSR count). The third-order valence-corrected chi connectivity index (χ3v) is 4.58. The van der Waals surface area contributed by atoms with Gasteiger partial charge in [0.15, 0.2) is 5.16 Å². The lowest BCUT2D eigenvalue weighted by molar-refractivity contribution is -0.113. The van der Waals surface area contributed by atoms with Crippen LogP contribution in [0.2, 0.25) is 5.02 Å². The molecule has 0 bridgehead atoms. The normalized spacial score (nSPS) is 11.0. The van der Waals surface area contributed by atoms with Gasteiger partial charge in [-0.05, 0) is 45.4 Å². The minimum absolute atomic E-state index is 0.0914. The van der Waals surface area contributed by atoms with Crippen molar-refractivity contribution >= 4 is 35.0 Å². The van der Waals surface area contributed by atoms with Crippen molar-refractivity contribution in [3.05, 3.63) is 34.6 Å². The summed E-state index contributed by atoms with van der Waals surface area (Å²) in [6.07, 6.45) is 0. The van der Waals surface area contributed by atoms with Crippen molar-refractivity contribution in [2.75, 3.05) is 11.1 Å². The van der Waals surface area contributed by atoms with Crippen molar-refractivity contribution in [2.24, 2.45) is 0 Å². The molecule has 5 nitrogen and oxygen atoms in total. The van der Waals surface area contributed by atoms with Crippen LogP contribution in [-0.4, -0.2) is 26.4 Å². The van der Waals surface area contributed by atoms with Crippen LogP contribution in [0.1, 0.15) is 31.3 Å². The highest BCUT2D eigenvalue weighted by Crippen LogP contribution is 2.24. The topological polar surface area (TPSA) is 59.8 Å².